The molecule has 0 aliphatic rings. The van der Waals surface area contributed by atoms with Crippen LogP contribution in [0, 0.1) is 0 Å². The SMILES string of the molecule is [2H]c1c(-c2ccc3c(c2)c2ccccc2n3-c2ccc3sc4ccccc4c3c2)c([2H])c2c3cc(-c4ccc(-c5ccccc5)cc4)ccc3n(-c3ccc(-c4ccccc4)cc3)c2c1[2H]. The summed E-state index contributed by atoms with van der Waals surface area (Å²) >= 11 is 1.82. The summed E-state index contributed by atoms with van der Waals surface area (Å²) in [6.45, 7) is 0. The van der Waals surface area contributed by atoms with Gasteiger partial charge in [-0.15, -0.1) is 11.3 Å². The maximum absolute atomic E-state index is 10.1. The van der Waals surface area contributed by atoms with E-state index in [1.54, 1.807) is 0 Å². The molecule has 0 N–H and O–H groups in total. The zero-order valence-electron chi connectivity index (χ0n) is 37.0. The van der Waals surface area contributed by atoms with Crippen LogP contribution in [-0.4, -0.2) is 9.13 Å². The smallest absolute Gasteiger partial charge is 0.0645 e. The summed E-state index contributed by atoms with van der Waals surface area (Å²) < 4.78 is 36.6. The van der Waals surface area contributed by atoms with Gasteiger partial charge in [-0.3, -0.25) is 0 Å². The highest BCUT2D eigenvalue weighted by Crippen LogP contribution is 2.41. The topological polar surface area (TPSA) is 9.86 Å². The van der Waals surface area contributed by atoms with E-state index >= 15 is 0 Å². The van der Waals surface area contributed by atoms with Gasteiger partial charge in [0.25, 0.3) is 0 Å². The molecule has 63 heavy (non-hydrogen) atoms. The molecule has 2 nitrogen and oxygen atoms in total. The van der Waals surface area contributed by atoms with E-state index in [1.807, 2.05) is 41.7 Å². The predicted octanol–water partition coefficient (Wildman–Crippen LogP) is 16.9. The van der Waals surface area contributed by atoms with Gasteiger partial charge in [-0.25, -0.2) is 0 Å². The van der Waals surface area contributed by atoms with Crippen molar-refractivity contribution >= 4 is 75.1 Å². The van der Waals surface area contributed by atoms with E-state index in [1.165, 1.54) is 20.2 Å². The van der Waals surface area contributed by atoms with Crippen molar-refractivity contribution in [2.75, 3.05) is 0 Å². The third-order valence-corrected chi connectivity index (χ3v) is 13.8. The number of benzene rings is 10. The van der Waals surface area contributed by atoms with Crippen LogP contribution in [-0.2, 0) is 0 Å². The fourth-order valence-electron chi connectivity index (χ4n) is 9.59. The second-order valence-electron chi connectivity index (χ2n) is 16.3. The fourth-order valence-corrected chi connectivity index (χ4v) is 10.7. The largest absolute Gasteiger partial charge is 0.309 e. The molecule has 13 aromatic rings. The lowest BCUT2D eigenvalue weighted by atomic mass is 9.98. The summed E-state index contributed by atoms with van der Waals surface area (Å²) in [4.78, 5) is 0. The number of rotatable bonds is 6. The van der Waals surface area contributed by atoms with Crippen LogP contribution in [0.25, 0.3) is 120 Å². The van der Waals surface area contributed by atoms with Crippen LogP contribution in [0.4, 0.5) is 0 Å². The minimum atomic E-state index is 0.0343. The maximum Gasteiger partial charge on any atom is 0.0645 e. The molecule has 0 spiro atoms. The van der Waals surface area contributed by atoms with Gasteiger partial charge < -0.3 is 9.13 Å². The zero-order chi connectivity index (χ0) is 44.0. The number of fused-ring (bicyclic) bond motifs is 9. The Labute approximate surface area is 373 Å². The van der Waals surface area contributed by atoms with Gasteiger partial charge in [0.05, 0.1) is 26.2 Å². The summed E-state index contributed by atoms with van der Waals surface area (Å²) in [5, 5.41) is 6.15. The van der Waals surface area contributed by atoms with Gasteiger partial charge in [0, 0.05) is 53.1 Å². The van der Waals surface area contributed by atoms with Gasteiger partial charge >= 0.3 is 0 Å². The minimum Gasteiger partial charge on any atom is -0.309 e. The lowest BCUT2D eigenvalue weighted by molar-refractivity contribution is 1.18. The number of nitrogens with zero attached hydrogens (tertiary/aromatic N) is 2. The van der Waals surface area contributed by atoms with Crippen LogP contribution in [0.3, 0.4) is 0 Å². The zero-order valence-corrected chi connectivity index (χ0v) is 34.8. The molecule has 0 fully saturated rings. The number of thiophene rings is 1. The van der Waals surface area contributed by atoms with Gasteiger partial charge in [-0.2, -0.15) is 0 Å². The van der Waals surface area contributed by atoms with Crippen LogP contribution < -0.4 is 0 Å². The molecule has 294 valence electrons. The second kappa shape index (κ2) is 14.3. The molecule has 0 atom stereocenters. The molecule has 13 rings (SSSR count). The Morgan fingerprint density at radius 1 is 0.286 bits per heavy atom. The molecular weight excluding hydrogens is 781 g/mol. The highest BCUT2D eigenvalue weighted by molar-refractivity contribution is 7.25. The molecule has 3 aromatic heterocycles. The molecule has 0 unspecified atom stereocenters. The van der Waals surface area contributed by atoms with E-state index < -0.39 is 0 Å². The van der Waals surface area contributed by atoms with Gasteiger partial charge in [0.1, 0.15) is 0 Å². The van der Waals surface area contributed by atoms with Crippen molar-refractivity contribution in [3.05, 3.63) is 230 Å². The lowest BCUT2D eigenvalue weighted by Crippen LogP contribution is -1.94. The third-order valence-electron chi connectivity index (χ3n) is 12.7. The Kier molecular flexibility index (Phi) is 7.44. The number of para-hydroxylation sites is 1. The van der Waals surface area contributed by atoms with Crippen molar-refractivity contribution in [1.29, 1.82) is 0 Å². The standard InChI is InChI=1S/C60H38N2S/c1-3-11-39(12-4-1)41-19-21-43(22-20-41)44-25-31-57-52(35-44)53-37-46(27-33-58(53)61(57)47-28-23-42(24-29-47)40-13-5-2-6-14-40)45-26-32-56-51(36-45)49-15-7-9-17-55(49)62(56)48-30-34-60-54(38-48)50-16-8-10-18-59(50)63-60/h1-38H/i27D,33D,37D. The molecular formula is C60H38N2S. The van der Waals surface area contributed by atoms with Crippen LogP contribution in [0.15, 0.2) is 230 Å². The highest BCUT2D eigenvalue weighted by Gasteiger charge is 2.18. The number of aromatic nitrogens is 2. The lowest BCUT2D eigenvalue weighted by Gasteiger charge is -2.11. The molecule has 0 bridgehead atoms. The van der Waals surface area contributed by atoms with E-state index in [0.717, 1.165) is 83.0 Å². The summed E-state index contributed by atoms with van der Waals surface area (Å²) in [6.07, 6.45) is 0. The molecule has 0 aliphatic heterocycles. The van der Waals surface area contributed by atoms with E-state index in [4.69, 9.17) is 0 Å². The van der Waals surface area contributed by atoms with E-state index in [9.17, 15) is 4.11 Å². The summed E-state index contributed by atoms with van der Waals surface area (Å²) in [5.41, 5.74) is 13.3. The first-order chi connectivity index (χ1) is 32.5. The van der Waals surface area contributed by atoms with E-state index in [-0.39, 0.29) is 18.1 Å². The van der Waals surface area contributed by atoms with Crippen LogP contribution >= 0.6 is 11.3 Å². The number of hydrogen-bond acceptors (Lipinski definition) is 1. The maximum atomic E-state index is 10.1. The van der Waals surface area contributed by atoms with Crippen molar-refractivity contribution in [2.24, 2.45) is 0 Å². The van der Waals surface area contributed by atoms with Gasteiger partial charge in [-0.05, 0) is 123 Å². The molecule has 3 heterocycles. The predicted molar refractivity (Wildman–Crippen MR) is 270 cm³/mol. The summed E-state index contributed by atoms with van der Waals surface area (Å²) in [7, 11) is 0. The summed E-state index contributed by atoms with van der Waals surface area (Å²) in [6, 6.07) is 74.6. The molecule has 0 amide bonds. The first kappa shape index (κ1) is 32.7. The monoisotopic (exact) mass is 821 g/mol. The van der Waals surface area contributed by atoms with E-state index in [0.29, 0.717) is 16.5 Å². The van der Waals surface area contributed by atoms with E-state index in [2.05, 4.69) is 191 Å². The van der Waals surface area contributed by atoms with Crippen molar-refractivity contribution in [1.82, 2.24) is 9.13 Å². The van der Waals surface area contributed by atoms with Crippen molar-refractivity contribution < 1.29 is 4.11 Å². The molecule has 3 heteroatoms. The third kappa shape index (κ3) is 5.85. The average Bonchev–Trinajstić information content (AvgIpc) is 4.04. The number of hydrogen-bond donors (Lipinski definition) is 0. The average molecular weight is 822 g/mol. The highest BCUT2D eigenvalue weighted by atomic mass is 32.1. The van der Waals surface area contributed by atoms with Crippen molar-refractivity contribution in [3.63, 3.8) is 0 Å². The Hall–Kier alpha value is -7.98. The summed E-state index contributed by atoms with van der Waals surface area (Å²) in [5.74, 6) is 0. The van der Waals surface area contributed by atoms with Crippen LogP contribution in [0.2, 0.25) is 0 Å². The van der Waals surface area contributed by atoms with Gasteiger partial charge in [0.2, 0.25) is 0 Å². The second-order valence-corrected chi connectivity index (χ2v) is 17.3. The Bertz CT molecular complexity index is 4050. The van der Waals surface area contributed by atoms with Crippen molar-refractivity contribution in [3.8, 4) is 55.9 Å². The van der Waals surface area contributed by atoms with Crippen LogP contribution in [0.1, 0.15) is 4.11 Å². The molecule has 0 aliphatic carbocycles. The molecule has 0 saturated carbocycles. The Morgan fingerprint density at radius 3 is 1.46 bits per heavy atom. The Morgan fingerprint density at radius 2 is 0.762 bits per heavy atom. The Balaban J connectivity index is 1.01. The van der Waals surface area contributed by atoms with Gasteiger partial charge in [0.15, 0.2) is 0 Å². The van der Waals surface area contributed by atoms with Crippen molar-refractivity contribution in [2.45, 2.75) is 0 Å². The molecule has 10 aromatic carbocycles. The quantitative estimate of drug-likeness (QED) is 0.158. The van der Waals surface area contributed by atoms with Crippen LogP contribution in [0.5, 0.6) is 0 Å². The fraction of sp³-hybridized carbons (Fsp3) is 0. The first-order valence-corrected chi connectivity index (χ1v) is 22.1. The van der Waals surface area contributed by atoms with Gasteiger partial charge in [-0.1, -0.05) is 152 Å². The normalized spacial score (nSPS) is 12.5. The minimum absolute atomic E-state index is 0.0343. The molecule has 0 radical (unpaired) electrons. The molecule has 0 saturated heterocycles. The first-order valence-electron chi connectivity index (χ1n) is 22.8.